The van der Waals surface area contributed by atoms with Crippen molar-refractivity contribution in [3.05, 3.63) is 23.8 Å². The number of nitrogens with zero attached hydrogens (tertiary/aromatic N) is 1. The number of piperidine rings is 1. The van der Waals surface area contributed by atoms with Crippen LogP contribution in [0.1, 0.15) is 55.8 Å². The number of benzene rings is 1. The molecule has 154 valence electrons. The highest BCUT2D eigenvalue weighted by Crippen LogP contribution is 2.27. The molecule has 2 amide bonds. The molecule has 1 aliphatic heterocycles. The molecule has 1 N–H and O–H groups in total. The zero-order chi connectivity index (χ0) is 20.1. The molecule has 2 unspecified atom stereocenters. The van der Waals surface area contributed by atoms with Crippen LogP contribution in [0.2, 0.25) is 0 Å². The maximum Gasteiger partial charge on any atom is 0.254 e. The normalized spacial score (nSPS) is 23.2. The van der Waals surface area contributed by atoms with Crippen LogP contribution in [0.3, 0.4) is 0 Å². The first-order valence-corrected chi connectivity index (χ1v) is 10.3. The highest BCUT2D eigenvalue weighted by molar-refractivity contribution is 5.95. The maximum atomic E-state index is 12.9. The number of hydrogen-bond donors (Lipinski definition) is 1. The van der Waals surface area contributed by atoms with Gasteiger partial charge in [-0.1, -0.05) is 19.8 Å². The highest BCUT2D eigenvalue weighted by atomic mass is 16.5. The number of ether oxygens (including phenoxy) is 2. The third-order valence-electron chi connectivity index (χ3n) is 6.19. The Labute approximate surface area is 167 Å². The summed E-state index contributed by atoms with van der Waals surface area (Å²) in [5.41, 5.74) is 0.551. The van der Waals surface area contributed by atoms with Gasteiger partial charge in [0.25, 0.3) is 5.91 Å². The summed E-state index contributed by atoms with van der Waals surface area (Å²) < 4.78 is 10.5. The molecule has 6 heteroatoms. The highest BCUT2D eigenvalue weighted by Gasteiger charge is 2.31. The summed E-state index contributed by atoms with van der Waals surface area (Å²) in [5, 5.41) is 3.27. The first-order valence-electron chi connectivity index (χ1n) is 10.3. The number of amides is 2. The fraction of sp³-hybridized carbons (Fsp3) is 0.636. The van der Waals surface area contributed by atoms with Gasteiger partial charge in [0.1, 0.15) is 11.5 Å². The van der Waals surface area contributed by atoms with E-state index in [2.05, 4.69) is 12.2 Å². The second-order valence-corrected chi connectivity index (χ2v) is 8.04. The van der Waals surface area contributed by atoms with Gasteiger partial charge in [0.2, 0.25) is 5.91 Å². The molecule has 28 heavy (non-hydrogen) atoms. The van der Waals surface area contributed by atoms with Gasteiger partial charge in [0.05, 0.1) is 14.2 Å². The lowest BCUT2D eigenvalue weighted by Gasteiger charge is -2.34. The van der Waals surface area contributed by atoms with Crippen molar-refractivity contribution in [3.63, 3.8) is 0 Å². The molecular formula is C22H32N2O4. The average molecular weight is 389 g/mol. The number of likely N-dealkylation sites (tertiary alicyclic amines) is 1. The second-order valence-electron chi connectivity index (χ2n) is 8.04. The molecule has 2 fully saturated rings. The summed E-state index contributed by atoms with van der Waals surface area (Å²) in [6, 6.07) is 5.52. The van der Waals surface area contributed by atoms with Crippen molar-refractivity contribution < 1.29 is 19.1 Å². The van der Waals surface area contributed by atoms with Crippen LogP contribution in [-0.4, -0.2) is 50.1 Å². The Morgan fingerprint density at radius 2 is 1.57 bits per heavy atom. The molecule has 3 rings (SSSR count). The number of carbonyl (C=O) groups is 2. The van der Waals surface area contributed by atoms with E-state index in [-0.39, 0.29) is 17.7 Å². The zero-order valence-electron chi connectivity index (χ0n) is 17.2. The van der Waals surface area contributed by atoms with E-state index in [1.54, 1.807) is 32.4 Å². The minimum Gasteiger partial charge on any atom is -0.497 e. The molecule has 0 radical (unpaired) electrons. The van der Waals surface area contributed by atoms with Crippen molar-refractivity contribution in [1.29, 1.82) is 0 Å². The maximum absolute atomic E-state index is 12.9. The lowest BCUT2D eigenvalue weighted by Crippen LogP contribution is -2.47. The van der Waals surface area contributed by atoms with Crippen LogP contribution in [0.25, 0.3) is 0 Å². The van der Waals surface area contributed by atoms with E-state index in [1.807, 2.05) is 4.90 Å². The van der Waals surface area contributed by atoms with Crippen molar-refractivity contribution in [2.24, 2.45) is 11.8 Å². The van der Waals surface area contributed by atoms with Crippen molar-refractivity contribution in [2.45, 2.75) is 51.5 Å². The molecule has 2 aliphatic rings. The Bertz CT molecular complexity index is 676. The Morgan fingerprint density at radius 1 is 0.964 bits per heavy atom. The monoisotopic (exact) mass is 388 g/mol. The molecule has 1 saturated carbocycles. The van der Waals surface area contributed by atoms with Crippen molar-refractivity contribution >= 4 is 11.8 Å². The van der Waals surface area contributed by atoms with Crippen LogP contribution < -0.4 is 14.8 Å². The molecule has 1 aliphatic carbocycles. The van der Waals surface area contributed by atoms with E-state index in [4.69, 9.17) is 9.47 Å². The lowest BCUT2D eigenvalue weighted by molar-refractivity contribution is -0.127. The third-order valence-corrected chi connectivity index (χ3v) is 6.19. The van der Waals surface area contributed by atoms with Crippen LogP contribution >= 0.6 is 0 Å². The first kappa shape index (κ1) is 20.5. The van der Waals surface area contributed by atoms with E-state index in [0.717, 1.165) is 6.42 Å². The van der Waals surface area contributed by atoms with Crippen molar-refractivity contribution in [1.82, 2.24) is 10.2 Å². The average Bonchev–Trinajstić information content (AvgIpc) is 2.74. The van der Waals surface area contributed by atoms with E-state index in [9.17, 15) is 9.59 Å². The summed E-state index contributed by atoms with van der Waals surface area (Å²) in [6.45, 7) is 3.42. The van der Waals surface area contributed by atoms with Crippen LogP contribution in [0.5, 0.6) is 11.5 Å². The SMILES string of the molecule is COc1cc(OC)cc(C(=O)N2CCC(C(=O)NC3CCCCC3C)CC2)c1. The summed E-state index contributed by atoms with van der Waals surface area (Å²) in [7, 11) is 3.14. The largest absolute Gasteiger partial charge is 0.497 e. The number of nitrogens with one attached hydrogen (secondary N) is 1. The van der Waals surface area contributed by atoms with Gasteiger partial charge < -0.3 is 19.7 Å². The predicted octanol–water partition coefficient (Wildman–Crippen LogP) is 3.25. The molecule has 6 nitrogen and oxygen atoms in total. The number of methoxy groups -OCH3 is 2. The molecule has 0 spiro atoms. The minimum atomic E-state index is -0.0445. The molecular weight excluding hydrogens is 356 g/mol. The summed E-state index contributed by atoms with van der Waals surface area (Å²) in [4.78, 5) is 27.4. The number of rotatable bonds is 5. The molecule has 0 aromatic heterocycles. The standard InChI is InChI=1S/C22H32N2O4/c1-15-6-4-5-7-20(15)23-21(25)16-8-10-24(11-9-16)22(26)17-12-18(27-2)14-19(13-17)28-3/h12-16,20H,4-11H2,1-3H3,(H,23,25). The Kier molecular flexibility index (Phi) is 6.81. The fourth-order valence-electron chi connectivity index (χ4n) is 4.29. The molecule has 1 aromatic carbocycles. The zero-order valence-corrected chi connectivity index (χ0v) is 17.2. The Balaban J connectivity index is 1.56. The van der Waals surface area contributed by atoms with Gasteiger partial charge in [0, 0.05) is 36.7 Å². The van der Waals surface area contributed by atoms with E-state index in [0.29, 0.717) is 55.0 Å². The molecule has 1 aromatic rings. The van der Waals surface area contributed by atoms with E-state index >= 15 is 0 Å². The number of carbonyl (C=O) groups excluding carboxylic acids is 2. The third kappa shape index (κ3) is 4.78. The van der Waals surface area contributed by atoms with E-state index in [1.165, 1.54) is 19.3 Å². The molecule has 1 saturated heterocycles. The van der Waals surface area contributed by atoms with Gasteiger partial charge in [-0.25, -0.2) is 0 Å². The Morgan fingerprint density at radius 3 is 2.14 bits per heavy atom. The number of hydrogen-bond acceptors (Lipinski definition) is 4. The van der Waals surface area contributed by atoms with Crippen LogP contribution in [0.15, 0.2) is 18.2 Å². The lowest BCUT2D eigenvalue weighted by atomic mass is 9.85. The molecule has 2 atom stereocenters. The summed E-state index contributed by atoms with van der Waals surface area (Å²) >= 11 is 0. The first-order chi connectivity index (χ1) is 13.5. The van der Waals surface area contributed by atoms with Crippen LogP contribution in [0, 0.1) is 11.8 Å². The molecule has 1 heterocycles. The quantitative estimate of drug-likeness (QED) is 0.841. The predicted molar refractivity (Wildman–Crippen MR) is 108 cm³/mol. The van der Waals surface area contributed by atoms with Gasteiger partial charge in [-0.3, -0.25) is 9.59 Å². The summed E-state index contributed by atoms with van der Waals surface area (Å²) in [5.74, 6) is 1.86. The summed E-state index contributed by atoms with van der Waals surface area (Å²) in [6.07, 6.45) is 6.17. The Hall–Kier alpha value is -2.24. The van der Waals surface area contributed by atoms with Crippen LogP contribution in [-0.2, 0) is 4.79 Å². The second kappa shape index (κ2) is 9.30. The molecule has 0 bridgehead atoms. The van der Waals surface area contributed by atoms with Crippen molar-refractivity contribution in [2.75, 3.05) is 27.3 Å². The minimum absolute atomic E-state index is 0.00183. The van der Waals surface area contributed by atoms with Gasteiger partial charge in [-0.2, -0.15) is 0 Å². The van der Waals surface area contributed by atoms with E-state index < -0.39 is 0 Å². The van der Waals surface area contributed by atoms with Gasteiger partial charge in [-0.15, -0.1) is 0 Å². The van der Waals surface area contributed by atoms with Gasteiger partial charge in [-0.05, 0) is 43.7 Å². The fourth-order valence-corrected chi connectivity index (χ4v) is 4.29. The van der Waals surface area contributed by atoms with Gasteiger partial charge in [0.15, 0.2) is 0 Å². The van der Waals surface area contributed by atoms with Crippen molar-refractivity contribution in [3.8, 4) is 11.5 Å². The topological polar surface area (TPSA) is 67.9 Å². The van der Waals surface area contributed by atoms with Gasteiger partial charge >= 0.3 is 0 Å². The smallest absolute Gasteiger partial charge is 0.254 e. The van der Waals surface area contributed by atoms with Crippen LogP contribution in [0.4, 0.5) is 0 Å².